The Balaban J connectivity index is 3.43. The van der Waals surface area contributed by atoms with Gasteiger partial charge in [-0.05, 0) is 62.4 Å². The average molecular weight is 199 g/mol. The van der Waals surface area contributed by atoms with E-state index in [2.05, 4.69) is 39.0 Å². The first kappa shape index (κ1) is 11.5. The number of rotatable bonds is 1. The average Bonchev–Trinajstić information content (AvgIpc) is 2.24. The van der Waals surface area contributed by atoms with E-state index in [1.54, 1.807) is 0 Å². The number of aryl methyl sites for hydroxylation is 1. The lowest BCUT2D eigenvalue weighted by Gasteiger charge is -2.12. The van der Waals surface area contributed by atoms with E-state index in [-0.39, 0.29) is 0 Å². The summed E-state index contributed by atoms with van der Waals surface area (Å²) in [5.41, 5.74) is 6.97. The fourth-order valence-electron chi connectivity index (χ4n) is 1.65. The first-order chi connectivity index (χ1) is 6.99. The van der Waals surface area contributed by atoms with Gasteiger partial charge >= 0.3 is 0 Å². The van der Waals surface area contributed by atoms with Crippen molar-refractivity contribution in [3.63, 3.8) is 0 Å². The molecule has 0 spiro atoms. The molecule has 1 aromatic carbocycles. The summed E-state index contributed by atoms with van der Waals surface area (Å²) in [6.45, 7) is 10.2. The van der Waals surface area contributed by atoms with Crippen LogP contribution in [0.15, 0.2) is 17.7 Å². The van der Waals surface area contributed by atoms with Gasteiger partial charge in [-0.15, -0.1) is 0 Å². The summed E-state index contributed by atoms with van der Waals surface area (Å²) in [4.78, 5) is 0. The molecule has 1 rings (SSSR count). The number of nitrogens with zero attached hydrogens (tertiary/aromatic N) is 1. The van der Waals surface area contributed by atoms with Gasteiger partial charge in [-0.2, -0.15) is 5.26 Å². The van der Waals surface area contributed by atoms with Crippen LogP contribution in [-0.4, -0.2) is 0 Å². The molecule has 0 fully saturated rings. The zero-order valence-corrected chi connectivity index (χ0v) is 10.1. The van der Waals surface area contributed by atoms with E-state index in [0.29, 0.717) is 0 Å². The van der Waals surface area contributed by atoms with Crippen molar-refractivity contribution in [1.29, 1.82) is 5.26 Å². The van der Waals surface area contributed by atoms with Crippen LogP contribution in [0.4, 0.5) is 0 Å². The smallest absolute Gasteiger partial charge is 0.0947 e. The Morgan fingerprint density at radius 2 is 1.67 bits per heavy atom. The Bertz CT molecular complexity index is 459. The normalized spacial score (nSPS) is 12.0. The fraction of sp³-hybridized carbons (Fsp3) is 0.357. The Kier molecular flexibility index (Phi) is 3.31. The molecule has 0 aliphatic heterocycles. The van der Waals surface area contributed by atoms with Gasteiger partial charge in [0, 0.05) is 5.57 Å². The van der Waals surface area contributed by atoms with Crippen LogP contribution in [0.2, 0.25) is 0 Å². The lowest BCUT2D eigenvalue weighted by atomic mass is 9.93. The largest absolute Gasteiger partial charge is 0.193 e. The predicted molar refractivity (Wildman–Crippen MR) is 64.5 cm³/mol. The van der Waals surface area contributed by atoms with Crippen molar-refractivity contribution in [3.8, 4) is 6.07 Å². The van der Waals surface area contributed by atoms with Crippen molar-refractivity contribution in [3.05, 3.63) is 40.0 Å². The summed E-state index contributed by atoms with van der Waals surface area (Å²) in [5.74, 6) is 0. The van der Waals surface area contributed by atoms with Gasteiger partial charge in [0.2, 0.25) is 0 Å². The van der Waals surface area contributed by atoms with Crippen LogP contribution >= 0.6 is 0 Å². The molecule has 1 aromatic rings. The molecule has 15 heavy (non-hydrogen) atoms. The number of nitriles is 1. The predicted octanol–water partition coefficient (Wildman–Crippen LogP) is 3.93. The van der Waals surface area contributed by atoms with E-state index < -0.39 is 0 Å². The Labute approximate surface area is 92.1 Å². The van der Waals surface area contributed by atoms with E-state index in [1.165, 1.54) is 22.3 Å². The Hall–Kier alpha value is -1.55. The number of benzene rings is 1. The number of allylic oxidation sites excluding steroid dienone is 2. The molecule has 0 aliphatic rings. The van der Waals surface area contributed by atoms with Crippen molar-refractivity contribution >= 4 is 5.57 Å². The minimum Gasteiger partial charge on any atom is -0.193 e. The standard InChI is InChI=1S/C14H17N/c1-9-6-7-14(13(5)11(9)3)12(4)10(2)8-15/h6-7H,1-5H3/b12-10-. The van der Waals surface area contributed by atoms with Crippen LogP contribution in [0.1, 0.15) is 36.1 Å². The maximum absolute atomic E-state index is 8.87. The molecule has 78 valence electrons. The molecular weight excluding hydrogens is 182 g/mol. The number of hydrogen-bond acceptors (Lipinski definition) is 1. The quantitative estimate of drug-likeness (QED) is 0.629. The van der Waals surface area contributed by atoms with Gasteiger partial charge in [0.25, 0.3) is 0 Å². The Morgan fingerprint density at radius 1 is 1.07 bits per heavy atom. The van der Waals surface area contributed by atoms with Crippen LogP contribution in [0.25, 0.3) is 5.57 Å². The molecule has 0 saturated heterocycles. The van der Waals surface area contributed by atoms with E-state index in [4.69, 9.17) is 5.26 Å². The zero-order chi connectivity index (χ0) is 11.6. The summed E-state index contributed by atoms with van der Waals surface area (Å²) in [7, 11) is 0. The van der Waals surface area contributed by atoms with Crippen LogP contribution in [0.3, 0.4) is 0 Å². The highest BCUT2D eigenvalue weighted by atomic mass is 14.2. The third-order valence-electron chi connectivity index (χ3n) is 3.19. The third kappa shape index (κ3) is 2.10. The highest BCUT2D eigenvalue weighted by molar-refractivity contribution is 5.72. The lowest BCUT2D eigenvalue weighted by molar-refractivity contribution is 1.24. The van der Waals surface area contributed by atoms with Crippen molar-refractivity contribution in [1.82, 2.24) is 0 Å². The molecule has 1 nitrogen and oxygen atoms in total. The third-order valence-corrected chi connectivity index (χ3v) is 3.19. The van der Waals surface area contributed by atoms with E-state index in [0.717, 1.165) is 11.1 Å². The molecule has 0 radical (unpaired) electrons. The first-order valence-corrected chi connectivity index (χ1v) is 5.13. The zero-order valence-electron chi connectivity index (χ0n) is 10.1. The van der Waals surface area contributed by atoms with Crippen LogP contribution in [0.5, 0.6) is 0 Å². The molecule has 0 bridgehead atoms. The monoisotopic (exact) mass is 199 g/mol. The molecule has 0 amide bonds. The highest BCUT2D eigenvalue weighted by Gasteiger charge is 2.07. The second-order valence-electron chi connectivity index (χ2n) is 4.04. The maximum atomic E-state index is 8.87. The molecule has 0 heterocycles. The molecule has 0 aliphatic carbocycles. The molecule has 0 aromatic heterocycles. The molecule has 1 heteroatoms. The van der Waals surface area contributed by atoms with Gasteiger partial charge < -0.3 is 0 Å². The second kappa shape index (κ2) is 4.31. The molecule has 0 atom stereocenters. The summed E-state index contributed by atoms with van der Waals surface area (Å²) >= 11 is 0. The van der Waals surface area contributed by atoms with E-state index in [9.17, 15) is 0 Å². The van der Waals surface area contributed by atoms with Gasteiger partial charge in [0.15, 0.2) is 0 Å². The second-order valence-corrected chi connectivity index (χ2v) is 4.04. The minimum absolute atomic E-state index is 0.793. The van der Waals surface area contributed by atoms with Crippen molar-refractivity contribution < 1.29 is 0 Å². The van der Waals surface area contributed by atoms with Crippen LogP contribution in [0, 0.1) is 32.1 Å². The maximum Gasteiger partial charge on any atom is 0.0947 e. The molecule has 0 unspecified atom stereocenters. The van der Waals surface area contributed by atoms with Crippen molar-refractivity contribution in [2.45, 2.75) is 34.6 Å². The van der Waals surface area contributed by atoms with Crippen molar-refractivity contribution in [2.75, 3.05) is 0 Å². The summed E-state index contributed by atoms with van der Waals surface area (Å²) < 4.78 is 0. The Morgan fingerprint density at radius 3 is 2.20 bits per heavy atom. The summed E-state index contributed by atoms with van der Waals surface area (Å²) in [5, 5.41) is 8.87. The van der Waals surface area contributed by atoms with E-state index >= 15 is 0 Å². The van der Waals surface area contributed by atoms with Gasteiger partial charge in [0.05, 0.1) is 6.07 Å². The minimum atomic E-state index is 0.793. The number of hydrogen-bond donors (Lipinski definition) is 0. The van der Waals surface area contributed by atoms with Gasteiger partial charge in [-0.1, -0.05) is 12.1 Å². The summed E-state index contributed by atoms with van der Waals surface area (Å²) in [6, 6.07) is 6.43. The van der Waals surface area contributed by atoms with Crippen LogP contribution in [-0.2, 0) is 0 Å². The van der Waals surface area contributed by atoms with Gasteiger partial charge in [-0.3, -0.25) is 0 Å². The SMILES string of the molecule is C/C(C#N)=C(\C)c1ccc(C)c(C)c1C. The fourth-order valence-corrected chi connectivity index (χ4v) is 1.65. The van der Waals surface area contributed by atoms with Gasteiger partial charge in [-0.25, -0.2) is 0 Å². The van der Waals surface area contributed by atoms with Crippen molar-refractivity contribution in [2.24, 2.45) is 0 Å². The van der Waals surface area contributed by atoms with Crippen LogP contribution < -0.4 is 0 Å². The molecule has 0 N–H and O–H groups in total. The summed E-state index contributed by atoms with van der Waals surface area (Å²) in [6.07, 6.45) is 0. The first-order valence-electron chi connectivity index (χ1n) is 5.13. The molecular formula is C14H17N. The van der Waals surface area contributed by atoms with E-state index in [1.807, 2.05) is 13.8 Å². The lowest BCUT2D eigenvalue weighted by Crippen LogP contribution is -1.94. The molecule has 0 saturated carbocycles. The van der Waals surface area contributed by atoms with Gasteiger partial charge in [0.1, 0.15) is 0 Å². The highest BCUT2D eigenvalue weighted by Crippen LogP contribution is 2.25. The topological polar surface area (TPSA) is 23.8 Å².